The lowest BCUT2D eigenvalue weighted by Crippen LogP contribution is -2.12. The summed E-state index contributed by atoms with van der Waals surface area (Å²) >= 11 is 12.0. The van der Waals surface area contributed by atoms with Crippen molar-refractivity contribution in [1.29, 1.82) is 0 Å². The third kappa shape index (κ3) is 6.33. The molecule has 0 aliphatic heterocycles. The fourth-order valence-electron chi connectivity index (χ4n) is 1.87. The predicted molar refractivity (Wildman–Crippen MR) is 78.1 cm³/mol. The van der Waals surface area contributed by atoms with Gasteiger partial charge in [0, 0.05) is 10.9 Å². The predicted octanol–water partition coefficient (Wildman–Crippen LogP) is 5.56. The van der Waals surface area contributed by atoms with Gasteiger partial charge in [0.1, 0.15) is 0 Å². The third-order valence-corrected chi connectivity index (χ3v) is 3.61. The maximum Gasteiger partial charge on any atom is 0.0408 e. The van der Waals surface area contributed by atoms with Crippen molar-refractivity contribution in [2.75, 3.05) is 5.88 Å². The molecule has 0 radical (unpaired) electrons. The van der Waals surface area contributed by atoms with Gasteiger partial charge in [0.15, 0.2) is 0 Å². The Balaban J connectivity index is 2.52. The van der Waals surface area contributed by atoms with Gasteiger partial charge in [-0.1, -0.05) is 44.5 Å². The second-order valence-electron chi connectivity index (χ2n) is 5.95. The lowest BCUT2D eigenvalue weighted by Gasteiger charge is -2.22. The first-order chi connectivity index (χ1) is 7.90. The molecule has 0 amide bonds. The number of hydrogen-bond donors (Lipinski definition) is 0. The Bertz CT molecular complexity index is 339. The summed E-state index contributed by atoms with van der Waals surface area (Å²) in [5, 5.41) is 0.812. The molecule has 1 rings (SSSR count). The van der Waals surface area contributed by atoms with Gasteiger partial charge in [-0.3, -0.25) is 0 Å². The summed E-state index contributed by atoms with van der Waals surface area (Å²) in [6.45, 7) is 6.83. The molecule has 17 heavy (non-hydrogen) atoms. The molecule has 96 valence electrons. The van der Waals surface area contributed by atoms with E-state index in [1.807, 2.05) is 18.2 Å². The van der Waals surface area contributed by atoms with Crippen molar-refractivity contribution in [3.63, 3.8) is 0 Å². The minimum Gasteiger partial charge on any atom is -0.126 e. The number of hydrogen-bond acceptors (Lipinski definition) is 0. The van der Waals surface area contributed by atoms with E-state index in [2.05, 4.69) is 26.8 Å². The van der Waals surface area contributed by atoms with Gasteiger partial charge in [-0.2, -0.15) is 0 Å². The Labute approximate surface area is 115 Å². The van der Waals surface area contributed by atoms with Gasteiger partial charge in [0.2, 0.25) is 0 Å². The molecule has 0 bridgehead atoms. The Kier molecular flexibility index (Phi) is 5.82. The monoisotopic (exact) mass is 272 g/mol. The minimum atomic E-state index is 0.388. The zero-order valence-electron chi connectivity index (χ0n) is 11.0. The van der Waals surface area contributed by atoms with E-state index in [4.69, 9.17) is 23.2 Å². The molecule has 0 aliphatic rings. The Morgan fingerprint density at radius 2 is 1.94 bits per heavy atom. The third-order valence-electron chi connectivity index (χ3n) is 2.93. The summed E-state index contributed by atoms with van der Waals surface area (Å²) in [6, 6.07) is 8.09. The van der Waals surface area contributed by atoms with Crippen LogP contribution in [0.4, 0.5) is 0 Å². The highest BCUT2D eigenvalue weighted by Gasteiger charge is 2.15. The Morgan fingerprint density at radius 3 is 2.47 bits per heavy atom. The second kappa shape index (κ2) is 6.66. The van der Waals surface area contributed by atoms with Gasteiger partial charge in [-0.15, -0.1) is 11.6 Å². The van der Waals surface area contributed by atoms with Crippen LogP contribution in [-0.4, -0.2) is 5.88 Å². The lowest BCUT2D eigenvalue weighted by molar-refractivity contribution is 0.331. The Morgan fingerprint density at radius 1 is 1.24 bits per heavy atom. The number of alkyl halides is 1. The highest BCUT2D eigenvalue weighted by Crippen LogP contribution is 2.26. The van der Waals surface area contributed by atoms with E-state index in [0.29, 0.717) is 11.3 Å². The highest BCUT2D eigenvalue weighted by molar-refractivity contribution is 6.30. The first-order valence-electron chi connectivity index (χ1n) is 6.21. The summed E-state index contributed by atoms with van der Waals surface area (Å²) in [6.07, 6.45) is 3.42. The number of halogens is 2. The molecule has 2 heteroatoms. The van der Waals surface area contributed by atoms with E-state index in [1.54, 1.807) is 0 Å². The molecule has 0 heterocycles. The second-order valence-corrected chi connectivity index (χ2v) is 6.70. The molecule has 0 saturated carbocycles. The Hall–Kier alpha value is -0.200. The van der Waals surface area contributed by atoms with Crippen molar-refractivity contribution in [3.8, 4) is 0 Å². The first-order valence-corrected chi connectivity index (χ1v) is 7.12. The summed E-state index contributed by atoms with van der Waals surface area (Å²) in [5.74, 6) is 1.28. The summed E-state index contributed by atoms with van der Waals surface area (Å²) in [4.78, 5) is 0. The van der Waals surface area contributed by atoms with Crippen molar-refractivity contribution in [3.05, 3.63) is 34.9 Å². The van der Waals surface area contributed by atoms with Crippen LogP contribution < -0.4 is 0 Å². The van der Waals surface area contributed by atoms with E-state index in [-0.39, 0.29) is 0 Å². The van der Waals surface area contributed by atoms with Crippen molar-refractivity contribution in [2.24, 2.45) is 11.3 Å². The maximum absolute atomic E-state index is 6.05. The molecule has 1 aromatic rings. The maximum atomic E-state index is 6.05. The lowest BCUT2D eigenvalue weighted by atomic mass is 9.85. The van der Waals surface area contributed by atoms with E-state index in [0.717, 1.165) is 17.3 Å². The molecule has 0 aliphatic carbocycles. The van der Waals surface area contributed by atoms with Crippen molar-refractivity contribution < 1.29 is 0 Å². The van der Waals surface area contributed by atoms with Gasteiger partial charge in [0.05, 0.1) is 0 Å². The van der Waals surface area contributed by atoms with Crippen LogP contribution in [0.3, 0.4) is 0 Å². The SMILES string of the molecule is CC(C)(C)CCC(CCl)Cc1cccc(Cl)c1. The van der Waals surface area contributed by atoms with Crippen LogP contribution in [0.1, 0.15) is 39.2 Å². The van der Waals surface area contributed by atoms with Crippen LogP contribution >= 0.6 is 23.2 Å². The molecule has 0 nitrogen and oxygen atoms in total. The number of benzene rings is 1. The summed E-state index contributed by atoms with van der Waals surface area (Å²) in [5.41, 5.74) is 1.68. The zero-order valence-corrected chi connectivity index (χ0v) is 12.5. The first kappa shape index (κ1) is 14.9. The van der Waals surface area contributed by atoms with Crippen LogP contribution in [0.5, 0.6) is 0 Å². The van der Waals surface area contributed by atoms with E-state index in [9.17, 15) is 0 Å². The average molecular weight is 273 g/mol. The standard InChI is InChI=1S/C15H22Cl2/c1-15(2,3)8-7-13(11-16)9-12-5-4-6-14(17)10-12/h4-6,10,13H,7-9,11H2,1-3H3. The smallest absolute Gasteiger partial charge is 0.0408 e. The van der Waals surface area contributed by atoms with Gasteiger partial charge in [0.25, 0.3) is 0 Å². The molecule has 1 aromatic carbocycles. The molecular formula is C15H22Cl2. The van der Waals surface area contributed by atoms with Crippen LogP contribution in [-0.2, 0) is 6.42 Å². The van der Waals surface area contributed by atoms with Gasteiger partial charge in [-0.05, 0) is 48.3 Å². The van der Waals surface area contributed by atoms with Crippen LogP contribution in [0, 0.1) is 11.3 Å². The average Bonchev–Trinajstić information content (AvgIpc) is 2.23. The van der Waals surface area contributed by atoms with E-state index < -0.39 is 0 Å². The molecule has 0 fully saturated rings. The molecule has 0 aromatic heterocycles. The molecule has 0 saturated heterocycles. The molecular weight excluding hydrogens is 251 g/mol. The van der Waals surface area contributed by atoms with Crippen LogP contribution in [0.15, 0.2) is 24.3 Å². The summed E-state index contributed by atoms with van der Waals surface area (Å²) < 4.78 is 0. The quantitative estimate of drug-likeness (QED) is 0.616. The van der Waals surface area contributed by atoms with E-state index in [1.165, 1.54) is 18.4 Å². The van der Waals surface area contributed by atoms with Gasteiger partial charge < -0.3 is 0 Å². The van der Waals surface area contributed by atoms with Crippen LogP contribution in [0.25, 0.3) is 0 Å². The van der Waals surface area contributed by atoms with Crippen molar-refractivity contribution in [2.45, 2.75) is 40.0 Å². The molecule has 0 N–H and O–H groups in total. The largest absolute Gasteiger partial charge is 0.126 e. The normalized spacial score (nSPS) is 13.7. The van der Waals surface area contributed by atoms with Gasteiger partial charge in [-0.25, -0.2) is 0 Å². The topological polar surface area (TPSA) is 0 Å². The number of rotatable bonds is 5. The highest BCUT2D eigenvalue weighted by atomic mass is 35.5. The van der Waals surface area contributed by atoms with Gasteiger partial charge >= 0.3 is 0 Å². The van der Waals surface area contributed by atoms with Crippen LogP contribution in [0.2, 0.25) is 5.02 Å². The van der Waals surface area contributed by atoms with Crippen molar-refractivity contribution >= 4 is 23.2 Å². The van der Waals surface area contributed by atoms with E-state index >= 15 is 0 Å². The minimum absolute atomic E-state index is 0.388. The molecule has 0 spiro atoms. The fourth-order valence-corrected chi connectivity index (χ4v) is 2.34. The fraction of sp³-hybridized carbons (Fsp3) is 0.600. The molecule has 1 atom stereocenters. The van der Waals surface area contributed by atoms with Crippen molar-refractivity contribution in [1.82, 2.24) is 0 Å². The molecule has 1 unspecified atom stereocenters. The summed E-state index contributed by atoms with van der Waals surface area (Å²) in [7, 11) is 0. The zero-order chi connectivity index (χ0) is 12.9.